The third-order valence-electron chi connectivity index (χ3n) is 3.99. The van der Waals surface area contributed by atoms with Crippen molar-refractivity contribution in [1.82, 2.24) is 4.31 Å². The van der Waals surface area contributed by atoms with E-state index in [4.69, 9.17) is 4.74 Å². The lowest BCUT2D eigenvalue weighted by molar-refractivity contribution is 0.340. The van der Waals surface area contributed by atoms with Crippen LogP contribution in [0.4, 0.5) is 0 Å². The standard InChI is InChI=1S/C18H22BrNO5S2/c1-3-26(21,22)13-12-25-16-8-10-17(11-9-16)27(23,24)20(2)14-15-6-4-5-7-18(15)19/h4-11H,3,12-14H2,1-2H3. The van der Waals surface area contributed by atoms with Gasteiger partial charge in [-0.05, 0) is 35.9 Å². The van der Waals surface area contributed by atoms with Crippen LogP contribution in [0.5, 0.6) is 5.75 Å². The van der Waals surface area contributed by atoms with Crippen LogP contribution in [-0.2, 0) is 26.4 Å². The molecular formula is C18H22BrNO5S2. The molecule has 0 aliphatic heterocycles. The third-order valence-corrected chi connectivity index (χ3v) is 8.25. The van der Waals surface area contributed by atoms with Gasteiger partial charge in [0.05, 0.1) is 10.6 Å². The lowest BCUT2D eigenvalue weighted by Crippen LogP contribution is -2.26. The van der Waals surface area contributed by atoms with Crippen molar-refractivity contribution in [3.05, 3.63) is 58.6 Å². The minimum atomic E-state index is -3.66. The van der Waals surface area contributed by atoms with Gasteiger partial charge in [0, 0.05) is 23.8 Å². The van der Waals surface area contributed by atoms with Gasteiger partial charge in [0.1, 0.15) is 12.4 Å². The molecule has 2 aromatic rings. The molecule has 0 atom stereocenters. The Morgan fingerprint density at radius 3 is 2.22 bits per heavy atom. The number of sulfone groups is 1. The van der Waals surface area contributed by atoms with Gasteiger partial charge in [-0.15, -0.1) is 0 Å². The first-order chi connectivity index (χ1) is 12.7. The average Bonchev–Trinajstić information content (AvgIpc) is 2.64. The molecule has 2 aromatic carbocycles. The zero-order valence-electron chi connectivity index (χ0n) is 15.1. The Bertz CT molecular complexity index is 973. The zero-order valence-corrected chi connectivity index (χ0v) is 18.3. The number of hydrogen-bond acceptors (Lipinski definition) is 5. The summed E-state index contributed by atoms with van der Waals surface area (Å²) in [6.07, 6.45) is 0. The molecule has 2 rings (SSSR count). The van der Waals surface area contributed by atoms with Gasteiger partial charge in [0.25, 0.3) is 0 Å². The Balaban J connectivity index is 2.05. The fourth-order valence-corrected chi connectivity index (χ4v) is 4.46. The van der Waals surface area contributed by atoms with E-state index in [-0.39, 0.29) is 29.6 Å². The number of hydrogen-bond donors (Lipinski definition) is 0. The van der Waals surface area contributed by atoms with Gasteiger partial charge in [-0.3, -0.25) is 0 Å². The second kappa shape index (κ2) is 9.18. The molecule has 148 valence electrons. The zero-order chi connectivity index (χ0) is 20.1. The molecule has 0 amide bonds. The molecule has 0 saturated heterocycles. The Morgan fingerprint density at radius 2 is 1.63 bits per heavy atom. The number of halogens is 1. The number of sulfonamides is 1. The summed E-state index contributed by atoms with van der Waals surface area (Å²) in [5, 5.41) is 0. The summed E-state index contributed by atoms with van der Waals surface area (Å²) in [5.41, 5.74) is 0.862. The second-order valence-corrected chi connectivity index (χ2v) is 11.3. The first kappa shape index (κ1) is 21.9. The predicted molar refractivity (Wildman–Crippen MR) is 109 cm³/mol. The van der Waals surface area contributed by atoms with Crippen molar-refractivity contribution in [2.24, 2.45) is 0 Å². The summed E-state index contributed by atoms with van der Waals surface area (Å²) < 4.78 is 55.9. The molecule has 0 bridgehead atoms. The summed E-state index contributed by atoms with van der Waals surface area (Å²) in [5.74, 6) is 0.420. The van der Waals surface area contributed by atoms with Crippen molar-refractivity contribution in [2.45, 2.75) is 18.4 Å². The molecule has 0 aromatic heterocycles. The van der Waals surface area contributed by atoms with Crippen LogP contribution in [-0.4, -0.2) is 46.3 Å². The Labute approximate surface area is 169 Å². The molecule has 0 spiro atoms. The topological polar surface area (TPSA) is 80.8 Å². The highest BCUT2D eigenvalue weighted by Gasteiger charge is 2.21. The van der Waals surface area contributed by atoms with E-state index in [2.05, 4.69) is 15.9 Å². The summed E-state index contributed by atoms with van der Waals surface area (Å²) in [6.45, 7) is 1.85. The van der Waals surface area contributed by atoms with Crippen molar-refractivity contribution < 1.29 is 21.6 Å². The van der Waals surface area contributed by atoms with Crippen molar-refractivity contribution in [3.8, 4) is 5.75 Å². The van der Waals surface area contributed by atoms with Crippen LogP contribution in [0, 0.1) is 0 Å². The number of ether oxygens (including phenoxy) is 1. The SMILES string of the molecule is CCS(=O)(=O)CCOc1ccc(S(=O)(=O)N(C)Cc2ccccc2Br)cc1. The van der Waals surface area contributed by atoms with Crippen molar-refractivity contribution >= 4 is 35.8 Å². The highest BCUT2D eigenvalue weighted by molar-refractivity contribution is 9.10. The molecule has 0 heterocycles. The van der Waals surface area contributed by atoms with Gasteiger partial charge in [-0.1, -0.05) is 41.1 Å². The molecule has 6 nitrogen and oxygen atoms in total. The smallest absolute Gasteiger partial charge is 0.243 e. The van der Waals surface area contributed by atoms with E-state index in [0.29, 0.717) is 5.75 Å². The maximum absolute atomic E-state index is 12.7. The summed E-state index contributed by atoms with van der Waals surface area (Å²) in [7, 11) is -5.23. The van der Waals surface area contributed by atoms with Gasteiger partial charge in [-0.25, -0.2) is 16.8 Å². The lowest BCUT2D eigenvalue weighted by Gasteiger charge is -2.18. The molecule has 0 saturated carbocycles. The van der Waals surface area contributed by atoms with Crippen LogP contribution in [0.3, 0.4) is 0 Å². The van der Waals surface area contributed by atoms with Crippen LogP contribution < -0.4 is 4.74 Å². The van der Waals surface area contributed by atoms with Crippen molar-refractivity contribution in [1.29, 1.82) is 0 Å². The van der Waals surface area contributed by atoms with Gasteiger partial charge in [0.2, 0.25) is 10.0 Å². The maximum atomic E-state index is 12.7. The van der Waals surface area contributed by atoms with Crippen molar-refractivity contribution in [2.75, 3.05) is 25.2 Å². The van der Waals surface area contributed by atoms with Crippen molar-refractivity contribution in [3.63, 3.8) is 0 Å². The highest BCUT2D eigenvalue weighted by atomic mass is 79.9. The van der Waals surface area contributed by atoms with Crippen LogP contribution in [0.1, 0.15) is 12.5 Å². The first-order valence-corrected chi connectivity index (χ1v) is 12.3. The molecule has 0 aliphatic carbocycles. The molecule has 0 radical (unpaired) electrons. The molecule has 0 N–H and O–H groups in total. The minimum absolute atomic E-state index is 0.0320. The number of rotatable bonds is 9. The maximum Gasteiger partial charge on any atom is 0.243 e. The van der Waals surface area contributed by atoms with E-state index >= 15 is 0 Å². The summed E-state index contributed by atoms with van der Waals surface area (Å²) in [4.78, 5) is 0.144. The van der Waals surface area contributed by atoms with Crippen LogP contribution in [0.25, 0.3) is 0 Å². The number of nitrogens with zero attached hydrogens (tertiary/aromatic N) is 1. The molecule has 27 heavy (non-hydrogen) atoms. The van der Waals surface area contributed by atoms with Crippen LogP contribution in [0.15, 0.2) is 57.9 Å². The number of benzene rings is 2. The van der Waals surface area contributed by atoms with E-state index in [9.17, 15) is 16.8 Å². The average molecular weight is 476 g/mol. The van der Waals surface area contributed by atoms with Gasteiger partial charge < -0.3 is 4.74 Å². The third kappa shape index (κ3) is 6.03. The van der Waals surface area contributed by atoms with E-state index in [1.807, 2.05) is 24.3 Å². The van der Waals surface area contributed by atoms with E-state index in [0.717, 1.165) is 10.0 Å². The van der Waals surface area contributed by atoms with E-state index in [1.54, 1.807) is 6.92 Å². The fraction of sp³-hybridized carbons (Fsp3) is 0.333. The van der Waals surface area contributed by atoms with Crippen LogP contribution in [0.2, 0.25) is 0 Å². The second-order valence-electron chi connectivity index (χ2n) is 5.91. The predicted octanol–water partition coefficient (Wildman–Crippen LogP) is 3.08. The molecule has 0 fully saturated rings. The molecular weight excluding hydrogens is 454 g/mol. The largest absolute Gasteiger partial charge is 0.493 e. The molecule has 0 unspecified atom stereocenters. The molecule has 9 heteroatoms. The quantitative estimate of drug-likeness (QED) is 0.556. The van der Waals surface area contributed by atoms with Gasteiger partial charge >= 0.3 is 0 Å². The highest BCUT2D eigenvalue weighted by Crippen LogP contribution is 2.23. The Hall–Kier alpha value is -1.42. The van der Waals surface area contributed by atoms with E-state index in [1.165, 1.54) is 35.6 Å². The minimum Gasteiger partial charge on any atom is -0.493 e. The lowest BCUT2D eigenvalue weighted by atomic mass is 10.2. The van der Waals surface area contributed by atoms with Crippen LogP contribution >= 0.6 is 15.9 Å². The molecule has 0 aliphatic rings. The first-order valence-electron chi connectivity index (χ1n) is 8.29. The monoisotopic (exact) mass is 475 g/mol. The Morgan fingerprint density at radius 1 is 1.00 bits per heavy atom. The summed E-state index contributed by atoms with van der Waals surface area (Å²) >= 11 is 3.42. The van der Waals surface area contributed by atoms with Gasteiger partial charge in [-0.2, -0.15) is 4.31 Å². The van der Waals surface area contributed by atoms with Gasteiger partial charge in [0.15, 0.2) is 9.84 Å². The normalized spacial score (nSPS) is 12.3. The Kier molecular flexibility index (Phi) is 7.44. The summed E-state index contributed by atoms with van der Waals surface area (Å²) in [6, 6.07) is 13.4. The fourth-order valence-electron chi connectivity index (χ4n) is 2.27. The van der Waals surface area contributed by atoms with E-state index < -0.39 is 19.9 Å².